The molecule has 0 radical (unpaired) electrons. The van der Waals surface area contributed by atoms with Crippen molar-refractivity contribution in [3.8, 4) is 28.5 Å². The Bertz CT molecular complexity index is 1670. The SMILES string of the molecule is COc1ccc2c(c1)OCCn1c-2c(C2CCCCC2)c2ccc(C(=O)N[C@@H](Cc3ccc(O)c(Cl)c3)C(=O)O)cc21. The van der Waals surface area contributed by atoms with E-state index in [0.717, 1.165) is 46.5 Å². The third kappa shape index (κ3) is 5.27. The number of aromatic hydroxyl groups is 1. The number of carboxylic acids is 1. The molecule has 0 bridgehead atoms. The van der Waals surface area contributed by atoms with Crippen molar-refractivity contribution in [3.63, 3.8) is 0 Å². The molecule has 1 aliphatic carbocycles. The summed E-state index contributed by atoms with van der Waals surface area (Å²) in [6, 6.07) is 14.9. The number of rotatable bonds is 7. The Hall–Kier alpha value is -4.17. The van der Waals surface area contributed by atoms with Crippen molar-refractivity contribution < 1.29 is 29.3 Å². The average molecular weight is 589 g/mol. The maximum Gasteiger partial charge on any atom is 0.326 e. The number of aromatic nitrogens is 1. The molecule has 8 nitrogen and oxygen atoms in total. The van der Waals surface area contributed by atoms with Crippen LogP contribution in [-0.2, 0) is 17.8 Å². The van der Waals surface area contributed by atoms with E-state index in [2.05, 4.69) is 16.0 Å². The fourth-order valence-electron chi connectivity index (χ4n) is 6.39. The van der Waals surface area contributed by atoms with Crippen LogP contribution >= 0.6 is 11.6 Å². The first-order valence-electron chi connectivity index (χ1n) is 14.3. The number of amides is 1. The molecule has 1 amide bonds. The lowest BCUT2D eigenvalue weighted by Crippen LogP contribution is -2.42. The van der Waals surface area contributed by atoms with Gasteiger partial charge in [0, 0.05) is 34.5 Å². The van der Waals surface area contributed by atoms with Gasteiger partial charge in [0.25, 0.3) is 5.91 Å². The number of nitrogens with zero attached hydrogens (tertiary/aromatic N) is 1. The molecule has 2 heterocycles. The number of hydrogen-bond donors (Lipinski definition) is 3. The number of phenols is 1. The van der Waals surface area contributed by atoms with E-state index in [1.807, 2.05) is 24.3 Å². The summed E-state index contributed by atoms with van der Waals surface area (Å²) in [5, 5.41) is 23.5. The minimum Gasteiger partial charge on any atom is -0.506 e. The van der Waals surface area contributed by atoms with Gasteiger partial charge < -0.3 is 29.6 Å². The van der Waals surface area contributed by atoms with Gasteiger partial charge in [-0.25, -0.2) is 4.79 Å². The highest BCUT2D eigenvalue weighted by Crippen LogP contribution is 2.47. The van der Waals surface area contributed by atoms with Crippen molar-refractivity contribution in [2.75, 3.05) is 13.7 Å². The third-order valence-corrected chi connectivity index (χ3v) is 8.75. The molecule has 9 heteroatoms. The van der Waals surface area contributed by atoms with E-state index in [4.69, 9.17) is 21.1 Å². The lowest BCUT2D eigenvalue weighted by molar-refractivity contribution is -0.139. The van der Waals surface area contributed by atoms with Gasteiger partial charge in [0.2, 0.25) is 0 Å². The van der Waals surface area contributed by atoms with E-state index in [1.165, 1.54) is 37.0 Å². The highest BCUT2D eigenvalue weighted by molar-refractivity contribution is 6.32. The molecule has 0 spiro atoms. The molecule has 3 aromatic carbocycles. The normalized spacial score (nSPS) is 15.7. The number of aliphatic carboxylic acids is 1. The van der Waals surface area contributed by atoms with Crippen LogP contribution in [0.5, 0.6) is 17.2 Å². The van der Waals surface area contributed by atoms with Gasteiger partial charge >= 0.3 is 5.97 Å². The number of ether oxygens (including phenoxy) is 2. The Labute approximate surface area is 248 Å². The summed E-state index contributed by atoms with van der Waals surface area (Å²) >= 11 is 6.01. The number of carbonyl (C=O) groups is 2. The average Bonchev–Trinajstić information content (AvgIpc) is 3.19. The number of hydrogen-bond acceptors (Lipinski definition) is 5. The molecule has 42 heavy (non-hydrogen) atoms. The zero-order valence-corrected chi connectivity index (χ0v) is 24.1. The molecule has 3 N–H and O–H groups in total. The van der Waals surface area contributed by atoms with E-state index in [9.17, 15) is 19.8 Å². The number of carbonyl (C=O) groups excluding carboxylic acids is 1. The van der Waals surface area contributed by atoms with E-state index in [1.54, 1.807) is 19.2 Å². The molecule has 1 aliphatic heterocycles. The monoisotopic (exact) mass is 588 g/mol. The maximum absolute atomic E-state index is 13.4. The van der Waals surface area contributed by atoms with Gasteiger partial charge in [-0.2, -0.15) is 0 Å². The highest BCUT2D eigenvalue weighted by atomic mass is 35.5. The molecule has 1 atom stereocenters. The highest BCUT2D eigenvalue weighted by Gasteiger charge is 2.30. The van der Waals surface area contributed by atoms with Crippen molar-refractivity contribution >= 4 is 34.4 Å². The second-order valence-electron chi connectivity index (χ2n) is 11.0. The van der Waals surface area contributed by atoms with E-state index >= 15 is 0 Å². The molecular weight excluding hydrogens is 556 g/mol. The molecular formula is C33H33ClN2O6. The first-order valence-corrected chi connectivity index (χ1v) is 14.7. The molecule has 1 saturated carbocycles. The quantitative estimate of drug-likeness (QED) is 0.226. The van der Waals surface area contributed by atoms with Crippen LogP contribution in [0, 0.1) is 0 Å². The van der Waals surface area contributed by atoms with Crippen LogP contribution in [0.1, 0.15) is 59.5 Å². The van der Waals surface area contributed by atoms with Crippen LogP contribution in [0.4, 0.5) is 0 Å². The molecule has 6 rings (SSSR count). The van der Waals surface area contributed by atoms with Gasteiger partial charge in [0.05, 0.1) is 24.4 Å². The van der Waals surface area contributed by atoms with Crippen molar-refractivity contribution in [1.82, 2.24) is 9.88 Å². The number of halogens is 1. The van der Waals surface area contributed by atoms with Crippen molar-refractivity contribution in [2.24, 2.45) is 0 Å². The predicted molar refractivity (Wildman–Crippen MR) is 161 cm³/mol. The van der Waals surface area contributed by atoms with Gasteiger partial charge in [-0.3, -0.25) is 4.79 Å². The second-order valence-corrected chi connectivity index (χ2v) is 11.5. The Morgan fingerprint density at radius 1 is 1.10 bits per heavy atom. The minimum absolute atomic E-state index is 0.0211. The van der Waals surface area contributed by atoms with Crippen LogP contribution in [-0.4, -0.2) is 46.4 Å². The summed E-state index contributed by atoms with van der Waals surface area (Å²) in [6.07, 6.45) is 5.86. The van der Waals surface area contributed by atoms with Crippen LogP contribution in [0.3, 0.4) is 0 Å². The Morgan fingerprint density at radius 3 is 2.64 bits per heavy atom. The number of methoxy groups -OCH3 is 1. The smallest absolute Gasteiger partial charge is 0.326 e. The van der Waals surface area contributed by atoms with Crippen LogP contribution in [0.2, 0.25) is 5.02 Å². The molecule has 4 aromatic rings. The van der Waals surface area contributed by atoms with Crippen LogP contribution < -0.4 is 14.8 Å². The van der Waals surface area contributed by atoms with Gasteiger partial charge in [0.15, 0.2) is 0 Å². The maximum atomic E-state index is 13.4. The molecule has 1 aromatic heterocycles. The molecule has 218 valence electrons. The lowest BCUT2D eigenvalue weighted by Gasteiger charge is -2.23. The molecule has 2 aliphatic rings. The van der Waals surface area contributed by atoms with Crippen LogP contribution in [0.25, 0.3) is 22.2 Å². The van der Waals surface area contributed by atoms with Gasteiger partial charge in [-0.05, 0) is 66.3 Å². The summed E-state index contributed by atoms with van der Waals surface area (Å²) in [7, 11) is 1.64. The fraction of sp³-hybridized carbons (Fsp3) is 0.333. The standard InChI is InChI=1S/C33H33ClN2O6/c1-41-22-9-11-24-29(18-22)42-14-13-36-27-17-21(8-10-23(27)30(31(24)36)20-5-3-2-4-6-20)32(38)35-26(33(39)40)16-19-7-12-28(37)25(34)15-19/h7-12,15,17-18,20,26,37H,2-6,13-14,16H2,1H3,(H,35,38)(H,39,40)/t26-/m0/s1. The number of phenolic OH excluding ortho intramolecular Hbond substituents is 1. The topological polar surface area (TPSA) is 110 Å². The van der Waals surface area contributed by atoms with Crippen molar-refractivity contribution in [3.05, 3.63) is 76.3 Å². The summed E-state index contributed by atoms with van der Waals surface area (Å²) in [4.78, 5) is 25.5. The fourth-order valence-corrected chi connectivity index (χ4v) is 6.59. The van der Waals surface area contributed by atoms with E-state index in [0.29, 0.717) is 30.2 Å². The number of carboxylic acid groups (broad SMARTS) is 1. The zero-order valence-electron chi connectivity index (χ0n) is 23.4. The largest absolute Gasteiger partial charge is 0.506 e. The summed E-state index contributed by atoms with van der Waals surface area (Å²) in [5.41, 5.74) is 5.33. The van der Waals surface area contributed by atoms with Crippen molar-refractivity contribution in [1.29, 1.82) is 0 Å². The lowest BCUT2D eigenvalue weighted by atomic mass is 9.81. The summed E-state index contributed by atoms with van der Waals surface area (Å²) in [5.74, 6) is 0.200. The molecule has 0 saturated heterocycles. The third-order valence-electron chi connectivity index (χ3n) is 8.45. The number of fused-ring (bicyclic) bond motifs is 5. The number of nitrogens with one attached hydrogen (secondary N) is 1. The predicted octanol–water partition coefficient (Wildman–Crippen LogP) is 6.54. The van der Waals surface area contributed by atoms with E-state index < -0.39 is 17.9 Å². The summed E-state index contributed by atoms with van der Waals surface area (Å²) in [6.45, 7) is 1.08. The molecule has 1 fully saturated rings. The minimum atomic E-state index is -1.17. The Balaban J connectivity index is 1.39. The Morgan fingerprint density at radius 2 is 1.90 bits per heavy atom. The first kappa shape index (κ1) is 28.0. The first-order chi connectivity index (χ1) is 20.3. The van der Waals surface area contributed by atoms with Crippen LogP contribution in [0.15, 0.2) is 54.6 Å². The summed E-state index contributed by atoms with van der Waals surface area (Å²) < 4.78 is 13.9. The second kappa shape index (κ2) is 11.6. The van der Waals surface area contributed by atoms with Gasteiger partial charge in [-0.1, -0.05) is 43.0 Å². The Kier molecular flexibility index (Phi) is 7.73. The van der Waals surface area contributed by atoms with E-state index in [-0.39, 0.29) is 17.2 Å². The van der Waals surface area contributed by atoms with Gasteiger partial charge in [0.1, 0.15) is 29.9 Å². The number of benzene rings is 3. The van der Waals surface area contributed by atoms with Crippen molar-refractivity contribution in [2.45, 2.75) is 57.0 Å². The zero-order chi connectivity index (χ0) is 29.4. The van der Waals surface area contributed by atoms with Gasteiger partial charge in [-0.15, -0.1) is 0 Å². The molecule has 0 unspecified atom stereocenters.